The van der Waals surface area contributed by atoms with Crippen molar-refractivity contribution >= 4 is 67.0 Å². The van der Waals surface area contributed by atoms with Gasteiger partial charge in [-0.3, -0.25) is 0 Å². The van der Waals surface area contributed by atoms with Gasteiger partial charge in [-0.05, 0) is 119 Å². The first-order valence-electron chi connectivity index (χ1n) is 15.7. The number of benzene rings is 4. The summed E-state index contributed by atoms with van der Waals surface area (Å²) in [4.78, 5) is 0. The topological polar surface area (TPSA) is 40.5 Å². The number of rotatable bonds is 2. The standard InChI is InChI=1S/C20H25Br.C14H23BO2.C6H4BrI/c1-19(2,3)16-11-15(12-17(13-16)20(4,5)6)14-7-9-18(21)10-8-14;1-13(2,3)10-7-11(14(4,5)6)9-12(8-10)15(16)17;7-5-1-3-6(8)4-2-5/h7-13H,1-6H3;7-9,16-17H,1-6H3;1-4H. The van der Waals surface area contributed by atoms with Gasteiger partial charge in [0, 0.05) is 12.5 Å². The number of halogens is 3. The van der Waals surface area contributed by atoms with Crippen LogP contribution in [0.5, 0.6) is 0 Å². The molecule has 0 bridgehead atoms. The molecule has 4 aromatic rings. The molecule has 6 heteroatoms. The van der Waals surface area contributed by atoms with E-state index in [-0.39, 0.29) is 21.7 Å². The smallest absolute Gasteiger partial charge is 0.423 e. The molecule has 0 atom stereocenters. The maximum Gasteiger partial charge on any atom is 0.488 e. The lowest BCUT2D eigenvalue weighted by molar-refractivity contribution is 0.425. The molecule has 4 rings (SSSR count). The highest BCUT2D eigenvalue weighted by Crippen LogP contribution is 2.34. The van der Waals surface area contributed by atoms with Crippen LogP contribution in [0.2, 0.25) is 0 Å². The van der Waals surface area contributed by atoms with Gasteiger partial charge in [-0.25, -0.2) is 0 Å². The molecule has 0 aliphatic carbocycles. The van der Waals surface area contributed by atoms with Gasteiger partial charge < -0.3 is 10.0 Å². The van der Waals surface area contributed by atoms with Gasteiger partial charge in [0.25, 0.3) is 0 Å². The molecule has 0 fully saturated rings. The SMILES string of the molecule is Brc1ccc(I)cc1.CC(C)(C)c1cc(-c2ccc(Br)cc2)cc(C(C)(C)C)c1.CC(C)(C)c1cc(B(O)O)cc(C(C)(C)C)c1. The van der Waals surface area contributed by atoms with Gasteiger partial charge in [-0.2, -0.15) is 0 Å². The normalized spacial score (nSPS) is 12.0. The third kappa shape index (κ3) is 13.2. The highest BCUT2D eigenvalue weighted by atomic mass is 127. The van der Waals surface area contributed by atoms with Crippen molar-refractivity contribution in [2.75, 3.05) is 0 Å². The van der Waals surface area contributed by atoms with Gasteiger partial charge in [-0.1, -0.05) is 163 Å². The fourth-order valence-corrected chi connectivity index (χ4v) is 5.29. The molecule has 0 spiro atoms. The second-order valence-corrected chi connectivity index (χ2v) is 19.0. The lowest BCUT2D eigenvalue weighted by Crippen LogP contribution is -2.33. The van der Waals surface area contributed by atoms with Crippen LogP contribution in [0, 0.1) is 3.57 Å². The molecule has 4 aromatic carbocycles. The van der Waals surface area contributed by atoms with Crippen molar-refractivity contribution in [3.63, 3.8) is 0 Å². The monoisotopic (exact) mass is 860 g/mol. The van der Waals surface area contributed by atoms with E-state index in [1.165, 1.54) is 25.8 Å². The van der Waals surface area contributed by atoms with Crippen molar-refractivity contribution in [2.45, 2.75) is 105 Å². The molecule has 0 aliphatic heterocycles. The minimum Gasteiger partial charge on any atom is -0.423 e. The minimum atomic E-state index is -1.40. The van der Waals surface area contributed by atoms with Crippen LogP contribution in [0.25, 0.3) is 11.1 Å². The van der Waals surface area contributed by atoms with Gasteiger partial charge in [0.1, 0.15) is 0 Å². The summed E-state index contributed by atoms with van der Waals surface area (Å²) >= 11 is 9.13. The molecule has 0 unspecified atom stereocenters. The molecule has 2 nitrogen and oxygen atoms in total. The summed E-state index contributed by atoms with van der Waals surface area (Å²) in [5, 5.41) is 18.7. The summed E-state index contributed by atoms with van der Waals surface area (Å²) in [6.07, 6.45) is 0. The zero-order chi connectivity index (χ0) is 35.3. The van der Waals surface area contributed by atoms with Crippen molar-refractivity contribution in [1.29, 1.82) is 0 Å². The van der Waals surface area contributed by atoms with Gasteiger partial charge in [0.2, 0.25) is 0 Å². The Bertz CT molecular complexity index is 1470. The Kier molecular flexibility index (Phi) is 14.4. The summed E-state index contributed by atoms with van der Waals surface area (Å²) in [5.41, 5.74) is 8.53. The van der Waals surface area contributed by atoms with Crippen LogP contribution in [0.3, 0.4) is 0 Å². The van der Waals surface area contributed by atoms with Gasteiger partial charge in [0.05, 0.1) is 0 Å². The Hall–Kier alpha value is -1.45. The highest BCUT2D eigenvalue weighted by molar-refractivity contribution is 14.1. The maximum atomic E-state index is 9.36. The van der Waals surface area contributed by atoms with Crippen LogP contribution in [0.4, 0.5) is 0 Å². The third-order valence-corrected chi connectivity index (χ3v) is 9.41. The van der Waals surface area contributed by atoms with E-state index in [1.807, 2.05) is 24.3 Å². The molecule has 2 N–H and O–H groups in total. The molecular formula is C40H52BBr2IO2. The van der Waals surface area contributed by atoms with Crippen molar-refractivity contribution in [3.05, 3.63) is 120 Å². The van der Waals surface area contributed by atoms with E-state index >= 15 is 0 Å². The van der Waals surface area contributed by atoms with Crippen LogP contribution in [-0.4, -0.2) is 17.2 Å². The summed E-state index contributed by atoms with van der Waals surface area (Å²) in [6, 6.07) is 29.7. The van der Waals surface area contributed by atoms with Crippen molar-refractivity contribution in [3.8, 4) is 11.1 Å². The van der Waals surface area contributed by atoms with Crippen molar-refractivity contribution < 1.29 is 10.0 Å². The first kappa shape index (κ1) is 40.7. The maximum absolute atomic E-state index is 9.36. The third-order valence-electron chi connectivity index (χ3n) is 7.63. The van der Waals surface area contributed by atoms with E-state index in [9.17, 15) is 10.0 Å². The quantitative estimate of drug-likeness (QED) is 0.156. The predicted molar refractivity (Wildman–Crippen MR) is 218 cm³/mol. The van der Waals surface area contributed by atoms with E-state index in [4.69, 9.17) is 0 Å². The van der Waals surface area contributed by atoms with Gasteiger partial charge in [0.15, 0.2) is 0 Å². The van der Waals surface area contributed by atoms with E-state index in [0.29, 0.717) is 5.46 Å². The van der Waals surface area contributed by atoms with Crippen LogP contribution in [-0.2, 0) is 21.7 Å². The van der Waals surface area contributed by atoms with Crippen molar-refractivity contribution in [2.24, 2.45) is 0 Å². The Morgan fingerprint density at radius 3 is 1.04 bits per heavy atom. The second kappa shape index (κ2) is 16.3. The Balaban J connectivity index is 0.000000263. The molecule has 0 saturated heterocycles. The van der Waals surface area contributed by atoms with E-state index in [1.54, 1.807) is 0 Å². The fraction of sp³-hybridized carbons (Fsp3) is 0.400. The summed E-state index contributed by atoms with van der Waals surface area (Å²) in [6.45, 7) is 26.4. The number of hydrogen-bond acceptors (Lipinski definition) is 2. The molecular weight excluding hydrogens is 810 g/mol. The molecule has 0 aliphatic rings. The average molecular weight is 862 g/mol. The lowest BCUT2D eigenvalue weighted by Gasteiger charge is -2.26. The lowest BCUT2D eigenvalue weighted by atomic mass is 9.72. The highest BCUT2D eigenvalue weighted by Gasteiger charge is 2.24. The van der Waals surface area contributed by atoms with Crippen molar-refractivity contribution in [1.82, 2.24) is 0 Å². The van der Waals surface area contributed by atoms with E-state index in [2.05, 4.69) is 198 Å². The molecule has 248 valence electrons. The average Bonchev–Trinajstić information content (AvgIpc) is 2.93. The predicted octanol–water partition coefficient (Wildman–Crippen LogP) is 11.7. The molecule has 46 heavy (non-hydrogen) atoms. The zero-order valence-electron chi connectivity index (χ0n) is 29.7. The molecule has 0 aromatic heterocycles. The molecule has 0 amide bonds. The zero-order valence-corrected chi connectivity index (χ0v) is 35.0. The van der Waals surface area contributed by atoms with Gasteiger partial charge in [-0.15, -0.1) is 0 Å². The van der Waals surface area contributed by atoms with Crippen LogP contribution < -0.4 is 5.46 Å². The Morgan fingerprint density at radius 1 is 0.457 bits per heavy atom. The summed E-state index contributed by atoms with van der Waals surface area (Å²) in [7, 11) is -1.40. The van der Waals surface area contributed by atoms with Crippen LogP contribution in [0.1, 0.15) is 105 Å². The first-order chi connectivity index (χ1) is 20.9. The van der Waals surface area contributed by atoms with E-state index < -0.39 is 7.12 Å². The molecule has 0 saturated carbocycles. The largest absolute Gasteiger partial charge is 0.488 e. The van der Waals surface area contributed by atoms with Crippen LogP contribution in [0.15, 0.2) is 93.9 Å². The summed E-state index contributed by atoms with van der Waals surface area (Å²) in [5.74, 6) is 0. The van der Waals surface area contributed by atoms with E-state index in [0.717, 1.165) is 20.1 Å². The molecule has 0 radical (unpaired) electrons. The number of hydrogen-bond donors (Lipinski definition) is 2. The fourth-order valence-electron chi connectivity index (χ4n) is 4.40. The minimum absolute atomic E-state index is 0.00486. The van der Waals surface area contributed by atoms with Gasteiger partial charge >= 0.3 is 7.12 Å². The first-order valence-corrected chi connectivity index (χ1v) is 18.4. The Morgan fingerprint density at radius 2 is 0.761 bits per heavy atom. The molecule has 0 heterocycles. The second-order valence-electron chi connectivity index (χ2n) is 16.0. The van der Waals surface area contributed by atoms with Crippen LogP contribution >= 0.6 is 54.5 Å². The Labute approximate surface area is 310 Å². The summed E-state index contributed by atoms with van der Waals surface area (Å²) < 4.78 is 3.53.